The van der Waals surface area contributed by atoms with Crippen LogP contribution in [0.1, 0.15) is 16.7 Å². The molecule has 2 aromatic rings. The van der Waals surface area contributed by atoms with Crippen LogP contribution in [0.3, 0.4) is 0 Å². The monoisotopic (exact) mass is 301 g/mol. The van der Waals surface area contributed by atoms with Crippen molar-refractivity contribution in [2.24, 2.45) is 0 Å². The molecule has 0 saturated carbocycles. The molecule has 0 heterocycles. The summed E-state index contributed by atoms with van der Waals surface area (Å²) in [5, 5.41) is 8.90. The summed E-state index contributed by atoms with van der Waals surface area (Å²) >= 11 is 0. The van der Waals surface area contributed by atoms with Crippen LogP contribution in [0.25, 0.3) is 0 Å². The summed E-state index contributed by atoms with van der Waals surface area (Å²) in [4.78, 5) is 0.0935. The van der Waals surface area contributed by atoms with E-state index in [9.17, 15) is 8.42 Å². The highest BCUT2D eigenvalue weighted by Crippen LogP contribution is 2.22. The second kappa shape index (κ2) is 5.46. The van der Waals surface area contributed by atoms with Crippen molar-refractivity contribution in [3.05, 3.63) is 53.1 Å². The van der Waals surface area contributed by atoms with Crippen molar-refractivity contribution in [3.63, 3.8) is 0 Å². The van der Waals surface area contributed by atoms with Crippen LogP contribution < -0.4 is 10.5 Å². The number of hydrogen-bond acceptors (Lipinski definition) is 4. The Morgan fingerprint density at radius 1 is 1.10 bits per heavy atom. The van der Waals surface area contributed by atoms with Gasteiger partial charge in [0, 0.05) is 11.4 Å². The van der Waals surface area contributed by atoms with Crippen molar-refractivity contribution in [1.82, 2.24) is 0 Å². The zero-order valence-corrected chi connectivity index (χ0v) is 12.5. The van der Waals surface area contributed by atoms with Gasteiger partial charge in [0.1, 0.15) is 0 Å². The van der Waals surface area contributed by atoms with E-state index in [0.29, 0.717) is 22.5 Å². The van der Waals surface area contributed by atoms with Gasteiger partial charge in [-0.15, -0.1) is 0 Å². The molecule has 2 aromatic carbocycles. The van der Waals surface area contributed by atoms with E-state index in [1.54, 1.807) is 44.2 Å². The molecule has 0 fully saturated rings. The van der Waals surface area contributed by atoms with E-state index >= 15 is 0 Å². The number of sulfonamides is 1. The topological polar surface area (TPSA) is 96.0 Å². The molecule has 21 heavy (non-hydrogen) atoms. The van der Waals surface area contributed by atoms with Crippen LogP contribution in [0.4, 0.5) is 11.4 Å². The lowest BCUT2D eigenvalue weighted by Gasteiger charge is -2.11. The number of nitrogens with one attached hydrogen (secondary N) is 1. The van der Waals surface area contributed by atoms with Crippen molar-refractivity contribution >= 4 is 21.4 Å². The van der Waals surface area contributed by atoms with E-state index in [-0.39, 0.29) is 4.90 Å². The number of hydrogen-bond donors (Lipinski definition) is 2. The SMILES string of the molecule is Cc1cc(NS(=O)(=O)c2cc(C#N)ccc2C)ccc1N. The maximum atomic E-state index is 12.4. The van der Waals surface area contributed by atoms with Crippen molar-refractivity contribution in [3.8, 4) is 6.07 Å². The van der Waals surface area contributed by atoms with Crippen LogP contribution in [0.15, 0.2) is 41.3 Å². The van der Waals surface area contributed by atoms with Crippen LogP contribution in [0.5, 0.6) is 0 Å². The molecule has 108 valence electrons. The van der Waals surface area contributed by atoms with Crippen molar-refractivity contribution in [2.75, 3.05) is 10.5 Å². The van der Waals surface area contributed by atoms with Gasteiger partial charge in [-0.05, 0) is 55.3 Å². The molecule has 0 aliphatic rings. The van der Waals surface area contributed by atoms with Crippen LogP contribution in [-0.2, 0) is 10.0 Å². The van der Waals surface area contributed by atoms with Gasteiger partial charge in [-0.25, -0.2) is 8.42 Å². The summed E-state index contributed by atoms with van der Waals surface area (Å²) in [5.74, 6) is 0. The van der Waals surface area contributed by atoms with Crippen LogP contribution in [0.2, 0.25) is 0 Å². The number of nitrogens with zero attached hydrogens (tertiary/aromatic N) is 1. The minimum atomic E-state index is -3.75. The molecule has 3 N–H and O–H groups in total. The second-order valence-corrected chi connectivity index (χ2v) is 6.42. The van der Waals surface area contributed by atoms with E-state index in [4.69, 9.17) is 11.0 Å². The quantitative estimate of drug-likeness (QED) is 0.851. The highest BCUT2D eigenvalue weighted by molar-refractivity contribution is 7.92. The number of benzene rings is 2. The number of aryl methyl sites for hydroxylation is 2. The van der Waals surface area contributed by atoms with Gasteiger partial charge in [-0.1, -0.05) is 6.07 Å². The van der Waals surface area contributed by atoms with Gasteiger partial charge in [0.05, 0.1) is 16.5 Å². The molecule has 6 heteroatoms. The van der Waals surface area contributed by atoms with E-state index in [1.807, 2.05) is 6.07 Å². The van der Waals surface area contributed by atoms with E-state index < -0.39 is 10.0 Å². The molecular weight excluding hydrogens is 286 g/mol. The lowest BCUT2D eigenvalue weighted by Crippen LogP contribution is -2.14. The van der Waals surface area contributed by atoms with E-state index in [0.717, 1.165) is 5.56 Å². The average Bonchev–Trinajstić information content (AvgIpc) is 2.43. The lowest BCUT2D eigenvalue weighted by molar-refractivity contribution is 0.600. The molecule has 2 rings (SSSR count). The van der Waals surface area contributed by atoms with Gasteiger partial charge in [0.15, 0.2) is 0 Å². The average molecular weight is 301 g/mol. The number of anilines is 2. The molecule has 0 unspecified atom stereocenters. The fourth-order valence-electron chi connectivity index (χ4n) is 1.91. The predicted octanol–water partition coefficient (Wildman–Crippen LogP) is 2.56. The second-order valence-electron chi connectivity index (χ2n) is 4.77. The molecule has 0 aromatic heterocycles. The van der Waals surface area contributed by atoms with Crippen LogP contribution >= 0.6 is 0 Å². The van der Waals surface area contributed by atoms with Gasteiger partial charge in [-0.2, -0.15) is 5.26 Å². The first-order valence-corrected chi connectivity index (χ1v) is 7.71. The van der Waals surface area contributed by atoms with Crippen LogP contribution in [-0.4, -0.2) is 8.42 Å². The Kier molecular flexibility index (Phi) is 3.87. The Hall–Kier alpha value is -2.52. The number of rotatable bonds is 3. The third-order valence-corrected chi connectivity index (χ3v) is 4.65. The predicted molar refractivity (Wildman–Crippen MR) is 82.3 cm³/mol. The van der Waals surface area contributed by atoms with E-state index in [1.165, 1.54) is 6.07 Å². The summed E-state index contributed by atoms with van der Waals surface area (Å²) in [6.07, 6.45) is 0. The molecule has 0 aliphatic carbocycles. The fourth-order valence-corrected chi connectivity index (χ4v) is 3.23. The van der Waals surface area contributed by atoms with Crippen molar-refractivity contribution < 1.29 is 8.42 Å². The van der Waals surface area contributed by atoms with Gasteiger partial charge < -0.3 is 5.73 Å². The van der Waals surface area contributed by atoms with Gasteiger partial charge in [0.2, 0.25) is 0 Å². The molecule has 5 nitrogen and oxygen atoms in total. The smallest absolute Gasteiger partial charge is 0.262 e. The van der Waals surface area contributed by atoms with Gasteiger partial charge in [-0.3, -0.25) is 4.72 Å². The number of nitrogen functional groups attached to an aromatic ring is 1. The van der Waals surface area contributed by atoms with E-state index in [2.05, 4.69) is 4.72 Å². The summed E-state index contributed by atoms with van der Waals surface area (Å²) in [6.45, 7) is 3.48. The number of nitriles is 1. The molecular formula is C15H15N3O2S. The Morgan fingerprint density at radius 2 is 1.81 bits per heavy atom. The molecule has 0 aliphatic heterocycles. The minimum Gasteiger partial charge on any atom is -0.399 e. The zero-order chi connectivity index (χ0) is 15.6. The standard InChI is InChI=1S/C15H15N3O2S/c1-10-3-4-12(9-16)8-15(10)21(19,20)18-13-5-6-14(17)11(2)7-13/h3-8,18H,17H2,1-2H3. The molecule has 0 bridgehead atoms. The first-order chi connectivity index (χ1) is 9.83. The van der Waals surface area contributed by atoms with Crippen molar-refractivity contribution in [1.29, 1.82) is 5.26 Å². The maximum absolute atomic E-state index is 12.4. The Morgan fingerprint density at radius 3 is 2.43 bits per heavy atom. The van der Waals surface area contributed by atoms with Crippen molar-refractivity contribution in [2.45, 2.75) is 18.7 Å². The number of nitrogens with two attached hydrogens (primary N) is 1. The first-order valence-electron chi connectivity index (χ1n) is 6.23. The van der Waals surface area contributed by atoms with Crippen LogP contribution in [0, 0.1) is 25.2 Å². The van der Waals surface area contributed by atoms with Gasteiger partial charge >= 0.3 is 0 Å². The highest BCUT2D eigenvalue weighted by atomic mass is 32.2. The third kappa shape index (κ3) is 3.15. The Balaban J connectivity index is 2.43. The molecule has 0 amide bonds. The summed E-state index contributed by atoms with van der Waals surface area (Å²) in [7, 11) is -3.75. The Bertz CT molecular complexity index is 836. The summed E-state index contributed by atoms with van der Waals surface area (Å²) in [5.41, 5.74) is 8.41. The lowest BCUT2D eigenvalue weighted by atomic mass is 10.2. The summed E-state index contributed by atoms with van der Waals surface area (Å²) in [6, 6.07) is 11.4. The fraction of sp³-hybridized carbons (Fsp3) is 0.133. The summed E-state index contributed by atoms with van der Waals surface area (Å²) < 4.78 is 27.4. The van der Waals surface area contributed by atoms with Gasteiger partial charge in [0.25, 0.3) is 10.0 Å². The highest BCUT2D eigenvalue weighted by Gasteiger charge is 2.17. The molecule has 0 radical (unpaired) electrons. The normalized spacial score (nSPS) is 10.9. The Labute approximate surface area is 124 Å². The third-order valence-electron chi connectivity index (χ3n) is 3.13. The first kappa shape index (κ1) is 14.9. The molecule has 0 spiro atoms. The molecule has 0 atom stereocenters. The molecule has 0 saturated heterocycles. The maximum Gasteiger partial charge on any atom is 0.262 e. The minimum absolute atomic E-state index is 0.0935. The largest absolute Gasteiger partial charge is 0.399 e. The zero-order valence-electron chi connectivity index (χ0n) is 11.7.